The summed E-state index contributed by atoms with van der Waals surface area (Å²) in [4.78, 5) is 28.8. The molecule has 4 nitrogen and oxygen atoms in total. The molecule has 1 aromatic rings. The van der Waals surface area contributed by atoms with Crippen LogP contribution in [0.5, 0.6) is 0 Å². The van der Waals surface area contributed by atoms with Crippen LogP contribution in [-0.2, 0) is 16.0 Å². The molecule has 3 aliphatic rings. The van der Waals surface area contributed by atoms with Crippen molar-refractivity contribution in [2.75, 3.05) is 19.6 Å². The van der Waals surface area contributed by atoms with Crippen LogP contribution in [0.15, 0.2) is 24.3 Å². The normalized spacial score (nSPS) is 29.4. The summed E-state index contributed by atoms with van der Waals surface area (Å²) in [6, 6.07) is 6.79. The molecule has 24 heavy (non-hydrogen) atoms. The Morgan fingerprint density at radius 3 is 2.88 bits per heavy atom. The molecule has 3 fully saturated rings. The lowest BCUT2D eigenvalue weighted by atomic mass is 9.76. The van der Waals surface area contributed by atoms with Gasteiger partial charge in [-0.25, -0.2) is 4.39 Å². The van der Waals surface area contributed by atoms with Gasteiger partial charge in [-0.05, 0) is 42.7 Å². The van der Waals surface area contributed by atoms with Crippen molar-refractivity contribution in [3.05, 3.63) is 35.6 Å². The molecule has 0 N–H and O–H groups in total. The number of carbonyl (C=O) groups is 2. The predicted octanol–water partition coefficient (Wildman–Crippen LogP) is 2.23. The van der Waals surface area contributed by atoms with Gasteiger partial charge in [0.25, 0.3) is 0 Å². The third-order valence-corrected chi connectivity index (χ3v) is 5.83. The second-order valence-electron chi connectivity index (χ2n) is 7.43. The molecular weight excluding hydrogens is 307 g/mol. The van der Waals surface area contributed by atoms with Crippen LogP contribution in [0, 0.1) is 17.7 Å². The minimum absolute atomic E-state index is 0.00499. The van der Waals surface area contributed by atoms with E-state index < -0.39 is 0 Å². The molecule has 3 atom stereocenters. The molecule has 0 radical (unpaired) electrons. The van der Waals surface area contributed by atoms with Gasteiger partial charge in [-0.2, -0.15) is 0 Å². The Labute approximate surface area is 141 Å². The number of hydrogen-bond acceptors (Lipinski definition) is 2. The first-order chi connectivity index (χ1) is 11.6. The predicted molar refractivity (Wildman–Crippen MR) is 87.6 cm³/mol. The minimum atomic E-state index is -0.313. The van der Waals surface area contributed by atoms with Crippen molar-refractivity contribution in [2.45, 2.75) is 38.1 Å². The molecule has 5 heteroatoms. The number of fused-ring (bicyclic) bond motifs is 4. The Bertz CT molecular complexity index is 663. The average molecular weight is 330 g/mol. The van der Waals surface area contributed by atoms with E-state index in [1.807, 2.05) is 4.90 Å². The average Bonchev–Trinajstić information content (AvgIpc) is 2.58. The van der Waals surface area contributed by atoms with Crippen LogP contribution in [0.2, 0.25) is 0 Å². The van der Waals surface area contributed by atoms with Crippen molar-refractivity contribution < 1.29 is 14.0 Å². The zero-order valence-corrected chi connectivity index (χ0v) is 13.8. The monoisotopic (exact) mass is 330 g/mol. The van der Waals surface area contributed by atoms with E-state index in [0.717, 1.165) is 25.8 Å². The van der Waals surface area contributed by atoms with E-state index in [1.54, 1.807) is 18.2 Å². The van der Waals surface area contributed by atoms with E-state index in [4.69, 9.17) is 0 Å². The van der Waals surface area contributed by atoms with E-state index in [1.165, 1.54) is 6.07 Å². The molecule has 3 heterocycles. The first-order valence-electron chi connectivity index (χ1n) is 8.92. The summed E-state index contributed by atoms with van der Waals surface area (Å²) in [6.07, 6.45) is 3.92. The topological polar surface area (TPSA) is 40.6 Å². The van der Waals surface area contributed by atoms with Crippen molar-refractivity contribution >= 4 is 11.8 Å². The van der Waals surface area contributed by atoms with E-state index in [9.17, 15) is 14.0 Å². The first-order valence-corrected chi connectivity index (χ1v) is 8.92. The summed E-state index contributed by atoms with van der Waals surface area (Å²) in [5.74, 6) is 0.725. The molecule has 3 saturated heterocycles. The molecule has 2 unspecified atom stereocenters. The van der Waals surface area contributed by atoms with Crippen LogP contribution in [0.25, 0.3) is 0 Å². The van der Waals surface area contributed by atoms with Gasteiger partial charge in [0.1, 0.15) is 5.82 Å². The van der Waals surface area contributed by atoms with Crippen molar-refractivity contribution in [1.82, 2.24) is 9.80 Å². The van der Waals surface area contributed by atoms with Crippen LogP contribution >= 0.6 is 0 Å². The van der Waals surface area contributed by atoms with Crippen LogP contribution in [0.4, 0.5) is 4.39 Å². The SMILES string of the molecule is O=C(Cc1ccccc1F)N1CC2CC(C1)[C@H]1CCCC(=O)N1C2. The smallest absolute Gasteiger partial charge is 0.227 e. The van der Waals surface area contributed by atoms with Gasteiger partial charge in [-0.3, -0.25) is 9.59 Å². The van der Waals surface area contributed by atoms with E-state index >= 15 is 0 Å². The molecule has 0 aromatic heterocycles. The number of likely N-dealkylation sites (tertiary alicyclic amines) is 1. The maximum atomic E-state index is 13.8. The fourth-order valence-electron chi connectivity index (χ4n) is 4.73. The van der Waals surface area contributed by atoms with Gasteiger partial charge in [-0.1, -0.05) is 18.2 Å². The molecule has 4 rings (SSSR count). The maximum Gasteiger partial charge on any atom is 0.227 e. The van der Waals surface area contributed by atoms with Crippen LogP contribution in [0.3, 0.4) is 0 Å². The van der Waals surface area contributed by atoms with Gasteiger partial charge < -0.3 is 9.80 Å². The van der Waals surface area contributed by atoms with Gasteiger partial charge in [0.05, 0.1) is 6.42 Å². The Morgan fingerprint density at radius 1 is 1.21 bits per heavy atom. The molecule has 2 amide bonds. The van der Waals surface area contributed by atoms with Gasteiger partial charge in [0, 0.05) is 32.1 Å². The number of benzene rings is 1. The lowest BCUT2D eigenvalue weighted by Gasteiger charge is -2.52. The number of carbonyl (C=O) groups excluding carboxylic acids is 2. The summed E-state index contributed by atoms with van der Waals surface area (Å²) in [7, 11) is 0. The fraction of sp³-hybridized carbons (Fsp3) is 0.579. The quantitative estimate of drug-likeness (QED) is 0.834. The van der Waals surface area contributed by atoms with Gasteiger partial charge in [0.2, 0.25) is 11.8 Å². The highest BCUT2D eigenvalue weighted by Crippen LogP contribution is 2.38. The third-order valence-electron chi connectivity index (χ3n) is 5.83. The van der Waals surface area contributed by atoms with E-state index in [0.29, 0.717) is 43.0 Å². The number of halogens is 1. The Hall–Kier alpha value is -1.91. The van der Waals surface area contributed by atoms with Crippen molar-refractivity contribution in [2.24, 2.45) is 11.8 Å². The molecule has 3 aliphatic heterocycles. The number of piperidine rings is 3. The molecule has 0 spiro atoms. The highest BCUT2D eigenvalue weighted by Gasteiger charge is 2.44. The highest BCUT2D eigenvalue weighted by atomic mass is 19.1. The standard InChI is InChI=1S/C19H23FN2O2/c20-16-5-2-1-4-14(16)9-19(24)21-10-13-8-15(12-21)17-6-3-7-18(23)22(17)11-13/h1-2,4-5,13,15,17H,3,6-12H2/t13?,15?,17-/m1/s1. The number of hydrogen-bond donors (Lipinski definition) is 0. The number of rotatable bonds is 2. The van der Waals surface area contributed by atoms with E-state index in [-0.39, 0.29) is 24.1 Å². The molecule has 0 saturated carbocycles. The summed E-state index contributed by atoms with van der Waals surface area (Å²) in [6.45, 7) is 2.18. The van der Waals surface area contributed by atoms with Gasteiger partial charge >= 0.3 is 0 Å². The van der Waals surface area contributed by atoms with Crippen LogP contribution < -0.4 is 0 Å². The van der Waals surface area contributed by atoms with Crippen LogP contribution in [0.1, 0.15) is 31.2 Å². The third kappa shape index (κ3) is 2.80. The van der Waals surface area contributed by atoms with Gasteiger partial charge in [0.15, 0.2) is 0 Å². The first kappa shape index (κ1) is 15.6. The largest absolute Gasteiger partial charge is 0.342 e. The molecular formula is C19H23FN2O2. The Morgan fingerprint density at radius 2 is 2.04 bits per heavy atom. The lowest BCUT2D eigenvalue weighted by molar-refractivity contribution is -0.148. The van der Waals surface area contributed by atoms with Crippen molar-refractivity contribution in [3.8, 4) is 0 Å². The van der Waals surface area contributed by atoms with E-state index in [2.05, 4.69) is 4.90 Å². The summed E-state index contributed by atoms with van der Waals surface area (Å²) in [5, 5.41) is 0. The zero-order chi connectivity index (χ0) is 16.7. The Balaban J connectivity index is 1.46. The summed E-state index contributed by atoms with van der Waals surface area (Å²) in [5.41, 5.74) is 0.465. The lowest BCUT2D eigenvalue weighted by Crippen LogP contribution is -2.61. The molecule has 0 aliphatic carbocycles. The molecule has 128 valence electrons. The van der Waals surface area contributed by atoms with Crippen molar-refractivity contribution in [3.63, 3.8) is 0 Å². The van der Waals surface area contributed by atoms with Crippen molar-refractivity contribution in [1.29, 1.82) is 0 Å². The molecule has 1 aromatic carbocycles. The number of nitrogens with zero attached hydrogens (tertiary/aromatic N) is 2. The zero-order valence-electron chi connectivity index (χ0n) is 13.8. The second kappa shape index (κ2) is 6.19. The van der Waals surface area contributed by atoms with Crippen LogP contribution in [-0.4, -0.2) is 47.3 Å². The summed E-state index contributed by atoms with van der Waals surface area (Å²) < 4.78 is 13.8. The maximum absolute atomic E-state index is 13.8. The highest BCUT2D eigenvalue weighted by molar-refractivity contribution is 5.79. The van der Waals surface area contributed by atoms with Gasteiger partial charge in [-0.15, -0.1) is 0 Å². The minimum Gasteiger partial charge on any atom is -0.342 e. The Kier molecular flexibility index (Phi) is 4.02. The summed E-state index contributed by atoms with van der Waals surface area (Å²) >= 11 is 0. The molecule has 2 bridgehead atoms. The number of amides is 2. The fourth-order valence-corrected chi connectivity index (χ4v) is 4.73. The second-order valence-corrected chi connectivity index (χ2v) is 7.43.